The van der Waals surface area contributed by atoms with E-state index in [9.17, 15) is 4.79 Å². The van der Waals surface area contributed by atoms with Crippen LogP contribution in [0.15, 0.2) is 35.5 Å². The first kappa shape index (κ1) is 16.3. The Balaban J connectivity index is 1.68. The third-order valence-electron chi connectivity index (χ3n) is 3.48. The number of nitrogens with two attached hydrogens (primary N) is 1. The zero-order chi connectivity index (χ0) is 15.8. The van der Waals surface area contributed by atoms with Crippen molar-refractivity contribution in [2.75, 3.05) is 26.3 Å². The summed E-state index contributed by atoms with van der Waals surface area (Å²) in [5, 5.41) is 3.81. The van der Waals surface area contributed by atoms with Gasteiger partial charge in [-0.15, -0.1) is 0 Å². The molecule has 2 N–H and O–H groups in total. The van der Waals surface area contributed by atoms with E-state index >= 15 is 0 Å². The van der Waals surface area contributed by atoms with Crippen LogP contribution in [0.1, 0.15) is 18.9 Å². The van der Waals surface area contributed by atoms with Gasteiger partial charge in [0.05, 0.1) is 12.7 Å². The summed E-state index contributed by atoms with van der Waals surface area (Å²) in [6, 6.07) is 10.0. The largest absolute Gasteiger partial charge is 0.384 e. The predicted molar refractivity (Wildman–Crippen MR) is 84.3 cm³/mol. The molecule has 1 saturated heterocycles. The molecule has 22 heavy (non-hydrogen) atoms. The molecule has 1 unspecified atom stereocenters. The van der Waals surface area contributed by atoms with E-state index in [1.807, 2.05) is 37.3 Å². The molecule has 6 heteroatoms. The maximum absolute atomic E-state index is 11.9. The lowest BCUT2D eigenvalue weighted by Crippen LogP contribution is -2.45. The van der Waals surface area contributed by atoms with Crippen LogP contribution in [0, 0.1) is 0 Å². The van der Waals surface area contributed by atoms with Crippen LogP contribution in [0.25, 0.3) is 0 Å². The molecule has 1 atom stereocenters. The molecular weight excluding hydrogens is 282 g/mol. The Morgan fingerprint density at radius 1 is 1.45 bits per heavy atom. The van der Waals surface area contributed by atoms with Gasteiger partial charge in [-0.05, 0) is 18.9 Å². The summed E-state index contributed by atoms with van der Waals surface area (Å²) in [4.78, 5) is 18.7. The first-order chi connectivity index (χ1) is 10.6. The second kappa shape index (κ2) is 8.38. The van der Waals surface area contributed by atoms with Gasteiger partial charge in [-0.2, -0.15) is 0 Å². The van der Waals surface area contributed by atoms with Crippen LogP contribution in [0.3, 0.4) is 0 Å². The predicted octanol–water partition coefficient (Wildman–Crippen LogP) is 1.16. The number of carbonyl (C=O) groups is 1. The van der Waals surface area contributed by atoms with Crippen molar-refractivity contribution in [2.45, 2.75) is 25.9 Å². The summed E-state index contributed by atoms with van der Waals surface area (Å²) in [6.07, 6.45) is 1.47. The molecule has 1 aromatic carbocycles. The molecule has 1 heterocycles. The van der Waals surface area contributed by atoms with Gasteiger partial charge in [0.15, 0.2) is 6.61 Å². The minimum Gasteiger partial charge on any atom is -0.384 e. The smallest absolute Gasteiger partial charge is 0.263 e. The first-order valence-electron chi connectivity index (χ1n) is 7.53. The van der Waals surface area contributed by atoms with Gasteiger partial charge >= 0.3 is 0 Å². The fraction of sp³-hybridized carbons (Fsp3) is 0.500. The molecule has 1 aliphatic rings. The van der Waals surface area contributed by atoms with Gasteiger partial charge in [-0.25, -0.2) is 0 Å². The number of morpholine rings is 1. The highest BCUT2D eigenvalue weighted by atomic mass is 16.6. The van der Waals surface area contributed by atoms with E-state index in [0.29, 0.717) is 32.0 Å². The number of nitrogens with zero attached hydrogens (tertiary/aromatic N) is 2. The van der Waals surface area contributed by atoms with E-state index in [1.165, 1.54) is 5.56 Å². The van der Waals surface area contributed by atoms with Crippen LogP contribution >= 0.6 is 0 Å². The van der Waals surface area contributed by atoms with Gasteiger partial charge in [-0.3, -0.25) is 4.79 Å². The number of rotatable bonds is 6. The number of hydrogen-bond donors (Lipinski definition) is 1. The molecule has 0 aromatic heterocycles. The van der Waals surface area contributed by atoms with Crippen LogP contribution in [0.2, 0.25) is 0 Å². The standard InChI is InChI=1S/C16H23N3O3/c1-13-11-19(9-10-21-13)16(20)12-22-18-15(17)8-7-14-5-3-2-4-6-14/h2-6,13H,7-12H2,1H3,(H2,17,18). The number of amidine groups is 1. The normalized spacial score (nSPS) is 19.0. The van der Waals surface area contributed by atoms with Gasteiger partial charge in [0.2, 0.25) is 0 Å². The Labute approximate surface area is 130 Å². The molecule has 0 saturated carbocycles. The topological polar surface area (TPSA) is 77.2 Å². The maximum atomic E-state index is 11.9. The number of aryl methyl sites for hydroxylation is 1. The van der Waals surface area contributed by atoms with Gasteiger partial charge in [0.25, 0.3) is 5.91 Å². The van der Waals surface area contributed by atoms with Crippen molar-refractivity contribution in [1.82, 2.24) is 4.90 Å². The maximum Gasteiger partial charge on any atom is 0.263 e. The van der Waals surface area contributed by atoms with Gasteiger partial charge in [0, 0.05) is 19.5 Å². The lowest BCUT2D eigenvalue weighted by molar-refractivity contribution is -0.142. The van der Waals surface area contributed by atoms with Crippen molar-refractivity contribution in [3.8, 4) is 0 Å². The highest BCUT2D eigenvalue weighted by molar-refractivity contribution is 5.80. The number of oxime groups is 1. The Bertz CT molecular complexity index is 505. The van der Waals surface area contributed by atoms with E-state index in [0.717, 1.165) is 6.42 Å². The molecule has 0 bridgehead atoms. The van der Waals surface area contributed by atoms with Crippen molar-refractivity contribution in [3.05, 3.63) is 35.9 Å². The number of benzene rings is 1. The van der Waals surface area contributed by atoms with Gasteiger partial charge < -0.3 is 20.2 Å². The second-order valence-corrected chi connectivity index (χ2v) is 5.36. The van der Waals surface area contributed by atoms with Crippen molar-refractivity contribution in [2.24, 2.45) is 10.9 Å². The molecule has 6 nitrogen and oxygen atoms in total. The van der Waals surface area contributed by atoms with Gasteiger partial charge in [-0.1, -0.05) is 35.5 Å². The highest BCUT2D eigenvalue weighted by Crippen LogP contribution is 2.05. The van der Waals surface area contributed by atoms with Crippen molar-refractivity contribution in [3.63, 3.8) is 0 Å². The second-order valence-electron chi connectivity index (χ2n) is 5.36. The van der Waals surface area contributed by atoms with Crippen LogP contribution in [-0.2, 0) is 20.8 Å². The first-order valence-corrected chi connectivity index (χ1v) is 7.53. The van der Waals surface area contributed by atoms with E-state index in [4.69, 9.17) is 15.3 Å². The molecule has 0 spiro atoms. The molecule has 0 aliphatic carbocycles. The number of amides is 1. The van der Waals surface area contributed by atoms with E-state index < -0.39 is 0 Å². The van der Waals surface area contributed by atoms with Crippen LogP contribution in [0.4, 0.5) is 0 Å². The molecular formula is C16H23N3O3. The highest BCUT2D eigenvalue weighted by Gasteiger charge is 2.21. The molecule has 1 aromatic rings. The zero-order valence-electron chi connectivity index (χ0n) is 12.9. The number of carbonyl (C=O) groups excluding carboxylic acids is 1. The lowest BCUT2D eigenvalue weighted by Gasteiger charge is -2.30. The van der Waals surface area contributed by atoms with Gasteiger partial charge in [0.1, 0.15) is 5.84 Å². The minimum absolute atomic E-state index is 0.0668. The Morgan fingerprint density at radius 3 is 2.95 bits per heavy atom. The summed E-state index contributed by atoms with van der Waals surface area (Å²) in [5.74, 6) is 0.307. The summed E-state index contributed by atoms with van der Waals surface area (Å²) in [7, 11) is 0. The van der Waals surface area contributed by atoms with E-state index in [2.05, 4.69) is 5.16 Å². The van der Waals surface area contributed by atoms with Crippen molar-refractivity contribution in [1.29, 1.82) is 0 Å². The fourth-order valence-corrected chi connectivity index (χ4v) is 2.27. The zero-order valence-corrected chi connectivity index (χ0v) is 12.9. The molecule has 1 fully saturated rings. The lowest BCUT2D eigenvalue weighted by atomic mass is 10.1. The Kier molecular flexibility index (Phi) is 6.21. The average molecular weight is 305 g/mol. The third-order valence-corrected chi connectivity index (χ3v) is 3.48. The summed E-state index contributed by atoms with van der Waals surface area (Å²) in [5.41, 5.74) is 6.98. The third kappa shape index (κ3) is 5.37. The monoisotopic (exact) mass is 305 g/mol. The van der Waals surface area contributed by atoms with Crippen molar-refractivity contribution < 1.29 is 14.4 Å². The summed E-state index contributed by atoms with van der Waals surface area (Å²) < 4.78 is 5.39. The molecule has 2 rings (SSSR count). The molecule has 1 amide bonds. The summed E-state index contributed by atoms with van der Waals surface area (Å²) in [6.45, 7) is 3.61. The van der Waals surface area contributed by atoms with E-state index in [1.54, 1.807) is 4.90 Å². The fourth-order valence-electron chi connectivity index (χ4n) is 2.27. The van der Waals surface area contributed by atoms with Crippen molar-refractivity contribution >= 4 is 11.7 Å². The Morgan fingerprint density at radius 2 is 2.23 bits per heavy atom. The number of hydrogen-bond acceptors (Lipinski definition) is 4. The number of ether oxygens (including phenoxy) is 1. The molecule has 120 valence electrons. The average Bonchev–Trinajstić information content (AvgIpc) is 2.54. The summed E-state index contributed by atoms with van der Waals surface area (Å²) >= 11 is 0. The van der Waals surface area contributed by atoms with Crippen LogP contribution < -0.4 is 5.73 Å². The Hall–Kier alpha value is -2.08. The molecule has 0 radical (unpaired) electrons. The minimum atomic E-state index is -0.0882. The molecule has 1 aliphatic heterocycles. The quantitative estimate of drug-likeness (QED) is 0.486. The van der Waals surface area contributed by atoms with E-state index in [-0.39, 0.29) is 18.6 Å². The SMILES string of the molecule is CC1CN(C(=O)CO/N=C(\N)CCc2ccccc2)CCO1. The van der Waals surface area contributed by atoms with Crippen LogP contribution in [0.5, 0.6) is 0 Å². The van der Waals surface area contributed by atoms with Crippen LogP contribution in [-0.4, -0.2) is 49.0 Å².